The Morgan fingerprint density at radius 3 is 2.23 bits per heavy atom. The first-order valence-corrected chi connectivity index (χ1v) is 9.36. The van der Waals surface area contributed by atoms with Crippen LogP contribution in [0.1, 0.15) is 18.1 Å². The van der Waals surface area contributed by atoms with Crippen molar-refractivity contribution in [2.45, 2.75) is 13.1 Å². The maximum absolute atomic E-state index is 12.9. The van der Waals surface area contributed by atoms with Crippen molar-refractivity contribution in [3.63, 3.8) is 0 Å². The van der Waals surface area contributed by atoms with Crippen LogP contribution in [0, 0.1) is 0 Å². The topological polar surface area (TPSA) is 65.5 Å². The molecule has 1 aromatic heterocycles. The van der Waals surface area contributed by atoms with Gasteiger partial charge in [0.2, 0.25) is 5.91 Å². The lowest BCUT2D eigenvalue weighted by molar-refractivity contribution is -0.137. The highest BCUT2D eigenvalue weighted by atomic mass is 19.4. The molecule has 2 aromatic rings. The van der Waals surface area contributed by atoms with Gasteiger partial charge in [-0.05, 0) is 23.8 Å². The number of hydrogen-bond acceptors (Lipinski definition) is 4. The van der Waals surface area contributed by atoms with Crippen LogP contribution in [-0.4, -0.2) is 47.9 Å². The molecule has 1 fully saturated rings. The summed E-state index contributed by atoms with van der Waals surface area (Å²) in [5, 5.41) is 2.59. The Balaban J connectivity index is 1.67. The Labute approximate surface area is 172 Å². The van der Waals surface area contributed by atoms with Crippen molar-refractivity contribution < 1.29 is 22.8 Å². The van der Waals surface area contributed by atoms with E-state index in [9.17, 15) is 22.8 Å². The molecule has 1 N–H and O–H groups in total. The lowest BCUT2D eigenvalue weighted by atomic mass is 10.1. The first-order valence-electron chi connectivity index (χ1n) is 9.36. The van der Waals surface area contributed by atoms with Gasteiger partial charge in [-0.25, -0.2) is 4.98 Å². The molecule has 2 amide bonds. The van der Waals surface area contributed by atoms with E-state index in [4.69, 9.17) is 0 Å². The van der Waals surface area contributed by atoms with E-state index in [-0.39, 0.29) is 17.5 Å². The van der Waals surface area contributed by atoms with Gasteiger partial charge in [-0.1, -0.05) is 30.3 Å². The molecule has 0 spiro atoms. The van der Waals surface area contributed by atoms with Crippen LogP contribution in [0.25, 0.3) is 6.08 Å². The van der Waals surface area contributed by atoms with Crippen molar-refractivity contribution in [1.29, 1.82) is 0 Å². The van der Waals surface area contributed by atoms with Crippen molar-refractivity contribution in [1.82, 2.24) is 15.2 Å². The number of pyridine rings is 1. The molecule has 0 atom stereocenters. The molecule has 1 aliphatic heterocycles. The number of nitrogens with one attached hydrogen (secondary N) is 1. The number of alkyl halides is 3. The molecular weight excluding hydrogens is 397 g/mol. The monoisotopic (exact) mass is 418 g/mol. The predicted octanol–water partition coefficient (Wildman–Crippen LogP) is 2.93. The van der Waals surface area contributed by atoms with Crippen LogP contribution in [0.15, 0.2) is 54.4 Å². The normalized spacial score (nSPS) is 15.1. The molecule has 3 rings (SSSR count). The Bertz CT molecular complexity index is 920. The summed E-state index contributed by atoms with van der Waals surface area (Å²) in [6.07, 6.45) is -2.00. The maximum atomic E-state index is 12.9. The lowest BCUT2D eigenvalue weighted by Gasteiger charge is -2.35. The molecule has 1 saturated heterocycles. The fraction of sp³-hybridized carbons (Fsp3) is 0.286. The number of nitrogens with zero attached hydrogens (tertiary/aromatic N) is 3. The minimum Gasteiger partial charge on any atom is -0.353 e. The van der Waals surface area contributed by atoms with E-state index in [0.29, 0.717) is 32.0 Å². The zero-order valence-corrected chi connectivity index (χ0v) is 16.3. The van der Waals surface area contributed by atoms with Crippen molar-refractivity contribution in [3.05, 3.63) is 65.5 Å². The number of anilines is 1. The first-order chi connectivity index (χ1) is 14.2. The molecule has 0 unspecified atom stereocenters. The summed E-state index contributed by atoms with van der Waals surface area (Å²) in [6, 6.07) is 11.5. The van der Waals surface area contributed by atoms with Crippen LogP contribution >= 0.6 is 0 Å². The fourth-order valence-corrected chi connectivity index (χ4v) is 3.11. The van der Waals surface area contributed by atoms with E-state index >= 15 is 0 Å². The molecule has 1 aliphatic rings. The van der Waals surface area contributed by atoms with E-state index < -0.39 is 11.7 Å². The minimum absolute atomic E-state index is 0.176. The van der Waals surface area contributed by atoms with Gasteiger partial charge in [0.15, 0.2) is 0 Å². The molecule has 6 nitrogen and oxygen atoms in total. The van der Waals surface area contributed by atoms with Crippen molar-refractivity contribution in [2.75, 3.05) is 31.1 Å². The maximum Gasteiger partial charge on any atom is 0.417 e. The SMILES string of the molecule is CC(=O)N/C(=C\c1ccccc1)C(=O)N1CCN(c2ccc(C(F)(F)F)cn2)CC1. The zero-order valence-electron chi connectivity index (χ0n) is 16.3. The number of piperazine rings is 1. The van der Waals surface area contributed by atoms with Gasteiger partial charge >= 0.3 is 6.18 Å². The van der Waals surface area contributed by atoms with E-state index in [1.165, 1.54) is 13.0 Å². The van der Waals surface area contributed by atoms with Crippen molar-refractivity contribution in [2.24, 2.45) is 0 Å². The van der Waals surface area contributed by atoms with Gasteiger partial charge in [0.25, 0.3) is 5.91 Å². The molecule has 30 heavy (non-hydrogen) atoms. The summed E-state index contributed by atoms with van der Waals surface area (Å²) in [6.45, 7) is 2.88. The van der Waals surface area contributed by atoms with Crippen LogP contribution < -0.4 is 10.2 Å². The number of benzene rings is 1. The van der Waals surface area contributed by atoms with Crippen LogP contribution in [0.5, 0.6) is 0 Å². The highest BCUT2D eigenvalue weighted by Gasteiger charge is 2.31. The second-order valence-corrected chi connectivity index (χ2v) is 6.83. The van der Waals surface area contributed by atoms with Gasteiger partial charge in [-0.2, -0.15) is 13.2 Å². The smallest absolute Gasteiger partial charge is 0.353 e. The third kappa shape index (κ3) is 5.37. The summed E-state index contributed by atoms with van der Waals surface area (Å²) in [4.78, 5) is 31.8. The fourth-order valence-electron chi connectivity index (χ4n) is 3.11. The quantitative estimate of drug-likeness (QED) is 0.776. The molecule has 158 valence electrons. The highest BCUT2D eigenvalue weighted by Crippen LogP contribution is 2.29. The van der Waals surface area contributed by atoms with Gasteiger partial charge in [-0.3, -0.25) is 9.59 Å². The Morgan fingerprint density at radius 1 is 1.03 bits per heavy atom. The predicted molar refractivity (Wildman–Crippen MR) is 106 cm³/mol. The van der Waals surface area contributed by atoms with E-state index in [1.54, 1.807) is 11.0 Å². The van der Waals surface area contributed by atoms with Crippen molar-refractivity contribution in [3.8, 4) is 0 Å². The summed E-state index contributed by atoms with van der Waals surface area (Å²) in [5.74, 6) is -0.232. The molecule has 0 saturated carbocycles. The lowest BCUT2D eigenvalue weighted by Crippen LogP contribution is -2.50. The number of aromatic nitrogens is 1. The van der Waals surface area contributed by atoms with E-state index in [2.05, 4.69) is 10.3 Å². The number of amides is 2. The molecular formula is C21H21F3N4O2. The van der Waals surface area contributed by atoms with Crippen LogP contribution in [0.2, 0.25) is 0 Å². The summed E-state index contributed by atoms with van der Waals surface area (Å²) < 4.78 is 38.1. The van der Waals surface area contributed by atoms with E-state index in [0.717, 1.165) is 17.8 Å². The number of carbonyl (C=O) groups is 2. The summed E-state index contributed by atoms with van der Waals surface area (Å²) >= 11 is 0. The Morgan fingerprint density at radius 2 is 1.70 bits per heavy atom. The highest BCUT2D eigenvalue weighted by molar-refractivity contribution is 6.01. The average molecular weight is 418 g/mol. The molecule has 0 bridgehead atoms. The van der Waals surface area contributed by atoms with Crippen LogP contribution in [-0.2, 0) is 15.8 Å². The molecule has 1 aromatic carbocycles. The minimum atomic E-state index is -4.43. The number of carbonyl (C=O) groups excluding carboxylic acids is 2. The van der Waals surface area contributed by atoms with Gasteiger partial charge in [0.1, 0.15) is 11.5 Å². The van der Waals surface area contributed by atoms with Crippen LogP contribution in [0.4, 0.5) is 19.0 Å². The standard InChI is InChI=1S/C21H21F3N4O2/c1-15(29)26-18(13-16-5-3-2-4-6-16)20(30)28-11-9-27(10-12-28)19-8-7-17(14-25-19)21(22,23)24/h2-8,13-14H,9-12H2,1H3,(H,26,29)/b18-13-. The van der Waals surface area contributed by atoms with Gasteiger partial charge in [0.05, 0.1) is 5.56 Å². The van der Waals surface area contributed by atoms with E-state index in [1.807, 2.05) is 35.2 Å². The number of rotatable bonds is 4. The second-order valence-electron chi connectivity index (χ2n) is 6.83. The molecule has 2 heterocycles. The van der Waals surface area contributed by atoms with Gasteiger partial charge < -0.3 is 15.1 Å². The molecule has 9 heteroatoms. The van der Waals surface area contributed by atoms with Gasteiger partial charge in [0, 0.05) is 39.3 Å². The molecule has 0 aliphatic carbocycles. The third-order valence-corrected chi connectivity index (χ3v) is 4.62. The Hall–Kier alpha value is -3.36. The average Bonchev–Trinajstić information content (AvgIpc) is 2.73. The summed E-state index contributed by atoms with van der Waals surface area (Å²) in [7, 11) is 0. The Kier molecular flexibility index (Phi) is 6.39. The third-order valence-electron chi connectivity index (χ3n) is 4.62. The zero-order chi connectivity index (χ0) is 21.7. The number of hydrogen-bond donors (Lipinski definition) is 1. The van der Waals surface area contributed by atoms with Gasteiger partial charge in [-0.15, -0.1) is 0 Å². The first kappa shape index (κ1) is 21.4. The second kappa shape index (κ2) is 8.98. The summed E-state index contributed by atoms with van der Waals surface area (Å²) in [5.41, 5.74) is 0.156. The number of halogens is 3. The van der Waals surface area contributed by atoms with Crippen molar-refractivity contribution >= 4 is 23.7 Å². The molecule has 0 radical (unpaired) electrons. The van der Waals surface area contributed by atoms with Crippen LogP contribution in [0.3, 0.4) is 0 Å². The largest absolute Gasteiger partial charge is 0.417 e.